The highest BCUT2D eigenvalue weighted by molar-refractivity contribution is 5.91. The summed E-state index contributed by atoms with van der Waals surface area (Å²) in [4.78, 5) is 10.8. The van der Waals surface area contributed by atoms with E-state index in [1.54, 1.807) is 6.08 Å². The van der Waals surface area contributed by atoms with Gasteiger partial charge in [0.05, 0.1) is 0 Å². The average Bonchev–Trinajstić information content (AvgIpc) is 2.26. The molecule has 1 heterocycles. The Balaban J connectivity index is 2.24. The topological polar surface area (TPSA) is 35.5 Å². The molecule has 0 radical (unpaired) electrons. The molecule has 1 aromatic rings. The number of allylic oxidation sites excluding steroid dienone is 1. The van der Waals surface area contributed by atoms with Crippen LogP contribution in [0.15, 0.2) is 24.3 Å². The molecule has 0 unspecified atom stereocenters. The molecular weight excluding hydrogens is 192 g/mol. The third-order valence-corrected chi connectivity index (χ3v) is 2.08. The molecule has 1 aliphatic rings. The summed E-state index contributed by atoms with van der Waals surface area (Å²) in [5.41, 5.74) is 0.939. The molecule has 15 heavy (non-hydrogen) atoms. The number of rotatable bonds is 2. The Labute approximate surface area is 88.3 Å². The fraction of sp³-hybridized carbons (Fsp3) is 0.250. The van der Waals surface area contributed by atoms with E-state index < -0.39 is 0 Å². The van der Waals surface area contributed by atoms with Gasteiger partial charge in [0, 0.05) is 0 Å². The first-order valence-corrected chi connectivity index (χ1v) is 4.84. The van der Waals surface area contributed by atoms with Crippen LogP contribution in [-0.4, -0.2) is 19.0 Å². The molecular formula is C12H12O3. The molecule has 1 aliphatic heterocycles. The van der Waals surface area contributed by atoms with Gasteiger partial charge in [0.1, 0.15) is 13.2 Å². The summed E-state index contributed by atoms with van der Waals surface area (Å²) in [5, 5.41) is 0. The van der Waals surface area contributed by atoms with Gasteiger partial charge in [-0.25, -0.2) is 0 Å². The van der Waals surface area contributed by atoms with Gasteiger partial charge in [-0.3, -0.25) is 4.79 Å². The lowest BCUT2D eigenvalue weighted by Gasteiger charge is -2.18. The second kappa shape index (κ2) is 4.17. The van der Waals surface area contributed by atoms with Crippen molar-refractivity contribution in [1.82, 2.24) is 0 Å². The van der Waals surface area contributed by atoms with E-state index in [0.717, 1.165) is 17.1 Å². The van der Waals surface area contributed by atoms with E-state index in [9.17, 15) is 4.79 Å². The molecule has 1 aromatic carbocycles. The highest BCUT2D eigenvalue weighted by atomic mass is 16.6. The van der Waals surface area contributed by atoms with Crippen molar-refractivity contribution in [2.45, 2.75) is 6.92 Å². The molecule has 3 heteroatoms. The van der Waals surface area contributed by atoms with Gasteiger partial charge in [0.25, 0.3) is 0 Å². The smallest absolute Gasteiger partial charge is 0.161 e. The van der Waals surface area contributed by atoms with Crippen molar-refractivity contribution in [3.63, 3.8) is 0 Å². The van der Waals surface area contributed by atoms with Crippen molar-refractivity contribution in [2.24, 2.45) is 0 Å². The van der Waals surface area contributed by atoms with Crippen molar-refractivity contribution in [2.75, 3.05) is 13.2 Å². The number of carbonyl (C=O) groups is 1. The van der Waals surface area contributed by atoms with Crippen molar-refractivity contribution < 1.29 is 14.3 Å². The zero-order valence-electron chi connectivity index (χ0n) is 8.53. The van der Waals surface area contributed by atoms with Gasteiger partial charge in [-0.1, -0.05) is 12.1 Å². The number of fused-ring (bicyclic) bond motifs is 1. The van der Waals surface area contributed by atoms with Gasteiger partial charge < -0.3 is 9.47 Å². The Kier molecular flexibility index (Phi) is 2.72. The number of ether oxygens (including phenoxy) is 2. The molecule has 2 rings (SSSR count). The third-order valence-electron chi connectivity index (χ3n) is 2.08. The Morgan fingerprint density at radius 3 is 2.73 bits per heavy atom. The standard InChI is InChI=1S/C12H12O3/c1-9(13)2-3-10-4-5-11-12(8-10)15-7-6-14-11/h2-5,8H,6-7H2,1H3/b3-2+. The van der Waals surface area contributed by atoms with Gasteiger partial charge in [-0.15, -0.1) is 0 Å². The lowest BCUT2D eigenvalue weighted by atomic mass is 10.1. The quantitative estimate of drug-likeness (QED) is 0.692. The molecule has 3 nitrogen and oxygen atoms in total. The fourth-order valence-corrected chi connectivity index (χ4v) is 1.38. The number of ketones is 1. The maximum absolute atomic E-state index is 10.8. The van der Waals surface area contributed by atoms with E-state index in [4.69, 9.17) is 9.47 Å². The van der Waals surface area contributed by atoms with Crippen LogP contribution in [0.5, 0.6) is 11.5 Å². The van der Waals surface area contributed by atoms with E-state index in [1.807, 2.05) is 18.2 Å². The minimum Gasteiger partial charge on any atom is -0.486 e. The zero-order valence-corrected chi connectivity index (χ0v) is 8.53. The second-order valence-electron chi connectivity index (χ2n) is 3.35. The van der Waals surface area contributed by atoms with Crippen molar-refractivity contribution >= 4 is 11.9 Å². The van der Waals surface area contributed by atoms with Crippen LogP contribution < -0.4 is 9.47 Å². The predicted octanol–water partition coefficient (Wildman–Crippen LogP) is 2.06. The number of hydrogen-bond donors (Lipinski definition) is 0. The molecule has 0 N–H and O–H groups in total. The predicted molar refractivity (Wildman–Crippen MR) is 57.1 cm³/mol. The van der Waals surface area contributed by atoms with Gasteiger partial charge in [0.2, 0.25) is 0 Å². The zero-order chi connectivity index (χ0) is 10.7. The van der Waals surface area contributed by atoms with Crippen LogP contribution in [0.3, 0.4) is 0 Å². The summed E-state index contributed by atoms with van der Waals surface area (Å²) < 4.78 is 10.8. The Morgan fingerprint density at radius 2 is 2.00 bits per heavy atom. The summed E-state index contributed by atoms with van der Waals surface area (Å²) in [5.74, 6) is 1.54. The minimum absolute atomic E-state index is 0.0323. The van der Waals surface area contributed by atoms with Crippen LogP contribution in [0.4, 0.5) is 0 Å². The fourth-order valence-electron chi connectivity index (χ4n) is 1.38. The second-order valence-corrected chi connectivity index (χ2v) is 3.35. The van der Waals surface area contributed by atoms with E-state index in [-0.39, 0.29) is 5.78 Å². The van der Waals surface area contributed by atoms with Crippen molar-refractivity contribution in [1.29, 1.82) is 0 Å². The third kappa shape index (κ3) is 2.37. The molecule has 0 aliphatic carbocycles. The highest BCUT2D eigenvalue weighted by Crippen LogP contribution is 2.30. The van der Waals surface area contributed by atoms with Crippen LogP contribution >= 0.6 is 0 Å². The van der Waals surface area contributed by atoms with Crippen LogP contribution in [0, 0.1) is 0 Å². The summed E-state index contributed by atoms with van der Waals surface area (Å²) in [6.45, 7) is 2.69. The summed E-state index contributed by atoms with van der Waals surface area (Å²) in [6.07, 6.45) is 3.30. The lowest BCUT2D eigenvalue weighted by molar-refractivity contribution is -0.112. The Morgan fingerprint density at radius 1 is 1.27 bits per heavy atom. The average molecular weight is 204 g/mol. The largest absolute Gasteiger partial charge is 0.486 e. The molecule has 78 valence electrons. The van der Waals surface area contributed by atoms with Crippen molar-refractivity contribution in [3.8, 4) is 11.5 Å². The molecule has 0 atom stereocenters. The first-order valence-electron chi connectivity index (χ1n) is 4.84. The number of hydrogen-bond acceptors (Lipinski definition) is 3. The SMILES string of the molecule is CC(=O)/C=C/c1ccc2c(c1)OCCO2. The van der Waals surface area contributed by atoms with Crippen LogP contribution in [0.25, 0.3) is 6.08 Å². The van der Waals surface area contributed by atoms with Crippen molar-refractivity contribution in [3.05, 3.63) is 29.8 Å². The maximum atomic E-state index is 10.8. The van der Waals surface area contributed by atoms with Crippen LogP contribution in [-0.2, 0) is 4.79 Å². The van der Waals surface area contributed by atoms with E-state index >= 15 is 0 Å². The van der Waals surface area contributed by atoms with E-state index in [0.29, 0.717) is 13.2 Å². The molecule has 0 saturated carbocycles. The molecule has 0 spiro atoms. The first-order chi connectivity index (χ1) is 7.25. The summed E-state index contributed by atoms with van der Waals surface area (Å²) in [6, 6.07) is 5.62. The lowest BCUT2D eigenvalue weighted by Crippen LogP contribution is -2.15. The maximum Gasteiger partial charge on any atom is 0.161 e. The number of benzene rings is 1. The van der Waals surface area contributed by atoms with E-state index in [2.05, 4.69) is 0 Å². The summed E-state index contributed by atoms with van der Waals surface area (Å²) >= 11 is 0. The number of carbonyl (C=O) groups excluding carboxylic acids is 1. The molecule has 0 aromatic heterocycles. The van der Waals surface area contributed by atoms with Gasteiger partial charge in [-0.2, -0.15) is 0 Å². The van der Waals surface area contributed by atoms with Gasteiger partial charge in [-0.05, 0) is 30.7 Å². The molecule has 0 amide bonds. The van der Waals surface area contributed by atoms with Crippen LogP contribution in [0.2, 0.25) is 0 Å². The van der Waals surface area contributed by atoms with Gasteiger partial charge >= 0.3 is 0 Å². The first kappa shape index (κ1) is 9.77. The Hall–Kier alpha value is -1.77. The van der Waals surface area contributed by atoms with Crippen LogP contribution in [0.1, 0.15) is 12.5 Å². The molecule has 0 fully saturated rings. The van der Waals surface area contributed by atoms with Gasteiger partial charge in [0.15, 0.2) is 17.3 Å². The highest BCUT2D eigenvalue weighted by Gasteiger charge is 2.10. The molecule has 0 bridgehead atoms. The minimum atomic E-state index is 0.0323. The summed E-state index contributed by atoms with van der Waals surface area (Å²) in [7, 11) is 0. The Bertz CT molecular complexity index is 407. The van der Waals surface area contributed by atoms with E-state index in [1.165, 1.54) is 13.0 Å². The normalized spacial score (nSPS) is 14.2. The monoisotopic (exact) mass is 204 g/mol. The molecule has 0 saturated heterocycles.